The van der Waals surface area contributed by atoms with Crippen molar-refractivity contribution in [2.24, 2.45) is 0 Å². The number of halogens is 1. The summed E-state index contributed by atoms with van der Waals surface area (Å²) in [6.45, 7) is 6.48. The minimum Gasteiger partial charge on any atom is -0.341 e. The fourth-order valence-corrected chi connectivity index (χ4v) is 3.72. The van der Waals surface area contributed by atoms with Crippen molar-refractivity contribution in [2.75, 3.05) is 18.0 Å². The first kappa shape index (κ1) is 13.1. The van der Waals surface area contributed by atoms with Crippen molar-refractivity contribution in [1.82, 2.24) is 9.97 Å². The van der Waals surface area contributed by atoms with Crippen LogP contribution in [0.3, 0.4) is 0 Å². The average Bonchev–Trinajstić information content (AvgIpc) is 2.84. The summed E-state index contributed by atoms with van der Waals surface area (Å²) in [6.07, 6.45) is 3.75. The lowest BCUT2D eigenvalue weighted by atomic mass is 10.1. The largest absolute Gasteiger partial charge is 0.341 e. The average molecular weight is 296 g/mol. The van der Waals surface area contributed by atoms with Gasteiger partial charge in [-0.2, -0.15) is 0 Å². The molecule has 0 spiro atoms. The van der Waals surface area contributed by atoms with Crippen LogP contribution in [0.2, 0.25) is 5.15 Å². The SMILES string of the molecule is CC(C)c1cc2c(Cl)nc(N3CCCCC3)nc2s1. The van der Waals surface area contributed by atoms with Crippen molar-refractivity contribution < 1.29 is 0 Å². The van der Waals surface area contributed by atoms with Crippen LogP contribution in [0, 0.1) is 0 Å². The van der Waals surface area contributed by atoms with Gasteiger partial charge in [0.2, 0.25) is 5.95 Å². The van der Waals surface area contributed by atoms with Gasteiger partial charge >= 0.3 is 0 Å². The summed E-state index contributed by atoms with van der Waals surface area (Å²) in [5, 5.41) is 1.59. The molecule has 1 fully saturated rings. The Morgan fingerprint density at radius 1 is 1.21 bits per heavy atom. The second kappa shape index (κ2) is 5.25. The van der Waals surface area contributed by atoms with Crippen LogP contribution in [0.4, 0.5) is 5.95 Å². The molecule has 3 rings (SSSR count). The standard InChI is InChI=1S/C14H18ClN3S/c1-9(2)11-8-10-12(15)16-14(17-13(10)19-11)18-6-4-3-5-7-18/h8-9H,3-7H2,1-2H3. The Labute approximate surface area is 122 Å². The smallest absolute Gasteiger partial charge is 0.228 e. The van der Waals surface area contributed by atoms with Crippen molar-refractivity contribution in [3.05, 3.63) is 16.1 Å². The first-order valence-electron chi connectivity index (χ1n) is 6.87. The minimum atomic E-state index is 0.508. The van der Waals surface area contributed by atoms with E-state index in [0.717, 1.165) is 29.3 Å². The quantitative estimate of drug-likeness (QED) is 0.766. The predicted octanol–water partition coefficient (Wildman–Crippen LogP) is 4.46. The van der Waals surface area contributed by atoms with E-state index in [0.29, 0.717) is 11.1 Å². The molecule has 0 saturated carbocycles. The first-order valence-corrected chi connectivity index (χ1v) is 8.06. The van der Waals surface area contributed by atoms with Gasteiger partial charge in [0, 0.05) is 23.4 Å². The number of nitrogens with zero attached hydrogens (tertiary/aromatic N) is 3. The molecule has 0 radical (unpaired) electrons. The van der Waals surface area contributed by atoms with E-state index >= 15 is 0 Å². The maximum Gasteiger partial charge on any atom is 0.228 e. The van der Waals surface area contributed by atoms with Gasteiger partial charge in [-0.1, -0.05) is 25.4 Å². The second-order valence-electron chi connectivity index (χ2n) is 5.38. The molecule has 1 aliphatic rings. The molecule has 102 valence electrons. The Morgan fingerprint density at radius 2 is 1.95 bits per heavy atom. The van der Waals surface area contributed by atoms with Gasteiger partial charge in [-0.3, -0.25) is 0 Å². The number of anilines is 1. The van der Waals surface area contributed by atoms with E-state index in [4.69, 9.17) is 16.6 Å². The van der Waals surface area contributed by atoms with E-state index in [1.54, 1.807) is 11.3 Å². The minimum absolute atomic E-state index is 0.508. The van der Waals surface area contributed by atoms with Gasteiger partial charge in [0.1, 0.15) is 9.98 Å². The van der Waals surface area contributed by atoms with E-state index in [1.165, 1.54) is 24.1 Å². The summed E-state index contributed by atoms with van der Waals surface area (Å²) >= 11 is 8.06. The fourth-order valence-electron chi connectivity index (χ4n) is 2.41. The topological polar surface area (TPSA) is 29.0 Å². The zero-order valence-corrected chi connectivity index (χ0v) is 12.9. The highest BCUT2D eigenvalue weighted by Gasteiger charge is 2.17. The van der Waals surface area contributed by atoms with E-state index in [9.17, 15) is 0 Å². The third-order valence-electron chi connectivity index (χ3n) is 3.56. The lowest BCUT2D eigenvalue weighted by Crippen LogP contribution is -2.30. The van der Waals surface area contributed by atoms with Crippen LogP contribution < -0.4 is 4.90 Å². The zero-order chi connectivity index (χ0) is 13.4. The third-order valence-corrected chi connectivity index (χ3v) is 5.18. The van der Waals surface area contributed by atoms with Gasteiger partial charge in [0.25, 0.3) is 0 Å². The molecular weight excluding hydrogens is 278 g/mol. The third kappa shape index (κ3) is 2.56. The fraction of sp³-hybridized carbons (Fsp3) is 0.571. The molecule has 0 amide bonds. The maximum absolute atomic E-state index is 6.33. The van der Waals surface area contributed by atoms with Gasteiger partial charge < -0.3 is 4.90 Å². The van der Waals surface area contributed by atoms with Crippen molar-refractivity contribution >= 4 is 39.1 Å². The number of thiophene rings is 1. The molecule has 2 aromatic rings. The van der Waals surface area contributed by atoms with Crippen LogP contribution in [-0.4, -0.2) is 23.1 Å². The Hall–Kier alpha value is -0.870. The molecule has 3 nitrogen and oxygen atoms in total. The van der Waals surface area contributed by atoms with Crippen LogP contribution in [0.5, 0.6) is 0 Å². The number of hydrogen-bond donors (Lipinski definition) is 0. The van der Waals surface area contributed by atoms with Crippen molar-refractivity contribution in [2.45, 2.75) is 39.0 Å². The second-order valence-corrected chi connectivity index (χ2v) is 6.80. The van der Waals surface area contributed by atoms with Crippen LogP contribution in [0.1, 0.15) is 43.9 Å². The Balaban J connectivity index is 2.02. The summed E-state index contributed by atoms with van der Waals surface area (Å²) in [4.78, 5) is 13.8. The summed E-state index contributed by atoms with van der Waals surface area (Å²) in [5.41, 5.74) is 0. The molecule has 19 heavy (non-hydrogen) atoms. The highest BCUT2D eigenvalue weighted by Crippen LogP contribution is 2.34. The summed E-state index contributed by atoms with van der Waals surface area (Å²) in [5.74, 6) is 1.31. The van der Waals surface area contributed by atoms with Gasteiger partial charge in [-0.05, 0) is 31.2 Å². The summed E-state index contributed by atoms with van der Waals surface area (Å²) < 4.78 is 0. The normalized spacial score (nSPS) is 16.5. The Kier molecular flexibility index (Phi) is 3.63. The number of fused-ring (bicyclic) bond motifs is 1. The van der Waals surface area contributed by atoms with Gasteiger partial charge in [0.15, 0.2) is 0 Å². The van der Waals surface area contributed by atoms with Crippen LogP contribution in [0.25, 0.3) is 10.2 Å². The highest BCUT2D eigenvalue weighted by atomic mass is 35.5. The molecule has 1 saturated heterocycles. The number of piperidine rings is 1. The van der Waals surface area contributed by atoms with Crippen LogP contribution >= 0.6 is 22.9 Å². The molecule has 1 aliphatic heterocycles. The van der Waals surface area contributed by atoms with Crippen LogP contribution in [-0.2, 0) is 0 Å². The maximum atomic E-state index is 6.33. The van der Waals surface area contributed by atoms with Crippen molar-refractivity contribution in [3.8, 4) is 0 Å². The number of aromatic nitrogens is 2. The molecule has 3 heterocycles. The Bertz CT molecular complexity index is 588. The number of rotatable bonds is 2. The number of hydrogen-bond acceptors (Lipinski definition) is 4. The molecule has 0 atom stereocenters. The van der Waals surface area contributed by atoms with E-state index in [1.807, 2.05) is 0 Å². The van der Waals surface area contributed by atoms with Gasteiger partial charge in [-0.25, -0.2) is 9.97 Å². The molecule has 2 aromatic heterocycles. The molecule has 0 N–H and O–H groups in total. The van der Waals surface area contributed by atoms with Gasteiger partial charge in [-0.15, -0.1) is 11.3 Å². The zero-order valence-electron chi connectivity index (χ0n) is 11.3. The lowest BCUT2D eigenvalue weighted by molar-refractivity contribution is 0.569. The summed E-state index contributed by atoms with van der Waals surface area (Å²) in [6, 6.07) is 2.13. The molecular formula is C14H18ClN3S. The van der Waals surface area contributed by atoms with E-state index in [-0.39, 0.29) is 0 Å². The van der Waals surface area contributed by atoms with Gasteiger partial charge in [0.05, 0.1) is 0 Å². The highest BCUT2D eigenvalue weighted by molar-refractivity contribution is 7.18. The molecule has 0 bridgehead atoms. The predicted molar refractivity (Wildman–Crippen MR) is 82.6 cm³/mol. The van der Waals surface area contributed by atoms with Crippen LogP contribution in [0.15, 0.2) is 6.07 Å². The van der Waals surface area contributed by atoms with Crippen molar-refractivity contribution in [1.29, 1.82) is 0 Å². The molecule has 5 heteroatoms. The first-order chi connectivity index (χ1) is 9.15. The summed E-state index contributed by atoms with van der Waals surface area (Å²) in [7, 11) is 0. The molecule has 0 aliphatic carbocycles. The monoisotopic (exact) mass is 295 g/mol. The molecule has 0 aromatic carbocycles. The van der Waals surface area contributed by atoms with E-state index in [2.05, 4.69) is 29.8 Å². The van der Waals surface area contributed by atoms with Crippen molar-refractivity contribution in [3.63, 3.8) is 0 Å². The Morgan fingerprint density at radius 3 is 2.63 bits per heavy atom. The van der Waals surface area contributed by atoms with E-state index < -0.39 is 0 Å². The lowest BCUT2D eigenvalue weighted by Gasteiger charge is -2.26. The molecule has 0 unspecified atom stereocenters.